The molecular formula is C20H35IN4O3. The second-order valence-corrected chi connectivity index (χ2v) is 7.50. The van der Waals surface area contributed by atoms with E-state index in [1.807, 2.05) is 19.1 Å². The average molecular weight is 506 g/mol. The molecule has 0 amide bonds. The summed E-state index contributed by atoms with van der Waals surface area (Å²) < 4.78 is 10.8. The summed E-state index contributed by atoms with van der Waals surface area (Å²) in [7, 11) is 0. The van der Waals surface area contributed by atoms with Gasteiger partial charge >= 0.3 is 0 Å². The Labute approximate surface area is 185 Å². The maximum atomic E-state index is 9.90. The first-order valence-electron chi connectivity index (χ1n) is 10.3. The lowest BCUT2D eigenvalue weighted by Crippen LogP contribution is -2.42. The summed E-state index contributed by atoms with van der Waals surface area (Å²) in [6.45, 7) is 10.1. The number of rotatable bonds is 8. The van der Waals surface area contributed by atoms with Crippen LogP contribution in [0.3, 0.4) is 0 Å². The largest absolute Gasteiger partial charge is 0.469 e. The highest BCUT2D eigenvalue weighted by molar-refractivity contribution is 14.0. The SMILES string of the molecule is CC(O)C1CCN(C(=NCCCN2CCOCC2)NCCc2ccco2)C1.I. The standard InChI is InChI=1S/C20H34N4O3.HI/c1-17(25)18-6-10-24(16-18)20(22-8-5-19-4-2-13-27-19)21-7-3-9-23-11-14-26-15-12-23;/h2,4,13,17-18,25H,3,5-12,14-16H2,1H3,(H,21,22);1H. The van der Waals surface area contributed by atoms with Gasteiger partial charge in [0.1, 0.15) is 5.76 Å². The number of aliphatic imine (C=N–C) groups is 1. The van der Waals surface area contributed by atoms with Crippen molar-refractivity contribution in [2.24, 2.45) is 10.9 Å². The number of nitrogens with one attached hydrogen (secondary N) is 1. The molecular weight excluding hydrogens is 471 g/mol. The summed E-state index contributed by atoms with van der Waals surface area (Å²) in [6.07, 6.45) is 4.36. The van der Waals surface area contributed by atoms with Gasteiger partial charge in [-0.1, -0.05) is 0 Å². The van der Waals surface area contributed by atoms with Crippen molar-refractivity contribution in [2.45, 2.75) is 32.3 Å². The van der Waals surface area contributed by atoms with E-state index in [2.05, 4.69) is 15.1 Å². The third kappa shape index (κ3) is 7.53. The Morgan fingerprint density at radius 3 is 2.86 bits per heavy atom. The van der Waals surface area contributed by atoms with Crippen molar-refractivity contribution in [3.63, 3.8) is 0 Å². The van der Waals surface area contributed by atoms with Crippen LogP contribution in [0, 0.1) is 5.92 Å². The van der Waals surface area contributed by atoms with E-state index in [0.29, 0.717) is 5.92 Å². The molecule has 2 N–H and O–H groups in total. The fourth-order valence-corrected chi connectivity index (χ4v) is 3.70. The first kappa shape index (κ1) is 23.4. The second kappa shape index (κ2) is 12.7. The summed E-state index contributed by atoms with van der Waals surface area (Å²) in [6, 6.07) is 3.92. The van der Waals surface area contributed by atoms with Crippen molar-refractivity contribution in [1.82, 2.24) is 15.1 Å². The lowest BCUT2D eigenvalue weighted by atomic mass is 10.0. The molecule has 3 heterocycles. The Hall–Kier alpha value is -0.840. The molecule has 0 radical (unpaired) electrons. The Kier molecular flexibility index (Phi) is 10.6. The minimum Gasteiger partial charge on any atom is -0.469 e. The van der Waals surface area contributed by atoms with E-state index >= 15 is 0 Å². The van der Waals surface area contributed by atoms with Gasteiger partial charge in [0.25, 0.3) is 0 Å². The summed E-state index contributed by atoms with van der Waals surface area (Å²) in [4.78, 5) is 9.60. The molecule has 3 rings (SSSR count). The molecule has 0 bridgehead atoms. The topological polar surface area (TPSA) is 73.5 Å². The van der Waals surface area contributed by atoms with Crippen LogP contribution in [0.5, 0.6) is 0 Å². The highest BCUT2D eigenvalue weighted by Gasteiger charge is 2.27. The summed E-state index contributed by atoms with van der Waals surface area (Å²) >= 11 is 0. The van der Waals surface area contributed by atoms with E-state index in [-0.39, 0.29) is 30.1 Å². The van der Waals surface area contributed by atoms with Crippen molar-refractivity contribution in [2.75, 3.05) is 59.0 Å². The maximum absolute atomic E-state index is 9.90. The normalized spacial score (nSPS) is 22.1. The average Bonchev–Trinajstić information content (AvgIpc) is 3.36. The van der Waals surface area contributed by atoms with Crippen molar-refractivity contribution in [3.8, 4) is 0 Å². The van der Waals surface area contributed by atoms with Gasteiger partial charge in [0.05, 0.1) is 25.6 Å². The Morgan fingerprint density at radius 2 is 2.18 bits per heavy atom. The summed E-state index contributed by atoms with van der Waals surface area (Å²) in [5.41, 5.74) is 0. The van der Waals surface area contributed by atoms with Crippen LogP contribution in [0.25, 0.3) is 0 Å². The Morgan fingerprint density at radius 1 is 1.36 bits per heavy atom. The molecule has 2 fully saturated rings. The molecule has 8 heteroatoms. The van der Waals surface area contributed by atoms with Crippen LogP contribution < -0.4 is 5.32 Å². The fourth-order valence-electron chi connectivity index (χ4n) is 3.70. The van der Waals surface area contributed by atoms with Crippen LogP contribution in [0.2, 0.25) is 0 Å². The number of ether oxygens (including phenoxy) is 1. The van der Waals surface area contributed by atoms with E-state index in [9.17, 15) is 5.11 Å². The number of furan rings is 1. The minimum absolute atomic E-state index is 0. The molecule has 2 atom stereocenters. The number of nitrogens with zero attached hydrogens (tertiary/aromatic N) is 3. The monoisotopic (exact) mass is 506 g/mol. The van der Waals surface area contributed by atoms with Gasteiger partial charge in [-0.25, -0.2) is 0 Å². The molecule has 2 aliphatic rings. The van der Waals surface area contributed by atoms with E-state index in [1.165, 1.54) is 0 Å². The van der Waals surface area contributed by atoms with Gasteiger partial charge < -0.3 is 24.5 Å². The number of morpholine rings is 1. The molecule has 0 aliphatic carbocycles. The number of aliphatic hydroxyl groups excluding tert-OH is 1. The number of hydrogen-bond donors (Lipinski definition) is 2. The molecule has 1 aromatic heterocycles. The quantitative estimate of drug-likeness (QED) is 0.243. The number of guanidine groups is 1. The predicted octanol–water partition coefficient (Wildman–Crippen LogP) is 1.81. The highest BCUT2D eigenvalue weighted by Crippen LogP contribution is 2.19. The van der Waals surface area contributed by atoms with Gasteiger partial charge in [0, 0.05) is 58.2 Å². The molecule has 2 saturated heterocycles. The maximum Gasteiger partial charge on any atom is 0.193 e. The van der Waals surface area contributed by atoms with E-state index in [0.717, 1.165) is 90.0 Å². The first-order chi connectivity index (χ1) is 13.2. The summed E-state index contributed by atoms with van der Waals surface area (Å²) in [5.74, 6) is 2.28. The van der Waals surface area contributed by atoms with E-state index in [1.54, 1.807) is 6.26 Å². The Bertz CT molecular complexity index is 562. The highest BCUT2D eigenvalue weighted by atomic mass is 127. The van der Waals surface area contributed by atoms with Gasteiger partial charge in [0.15, 0.2) is 5.96 Å². The molecule has 2 aliphatic heterocycles. The van der Waals surface area contributed by atoms with Crippen LogP contribution in [-0.4, -0.2) is 86.0 Å². The zero-order valence-electron chi connectivity index (χ0n) is 16.9. The van der Waals surface area contributed by atoms with Crippen LogP contribution in [0.4, 0.5) is 0 Å². The van der Waals surface area contributed by atoms with Crippen LogP contribution in [0.15, 0.2) is 27.8 Å². The predicted molar refractivity (Wildman–Crippen MR) is 121 cm³/mol. The Balaban J connectivity index is 0.00000280. The molecule has 0 spiro atoms. The van der Waals surface area contributed by atoms with Crippen molar-refractivity contribution in [1.29, 1.82) is 0 Å². The van der Waals surface area contributed by atoms with E-state index in [4.69, 9.17) is 14.1 Å². The van der Waals surface area contributed by atoms with Crippen molar-refractivity contribution >= 4 is 29.9 Å². The van der Waals surface area contributed by atoms with Crippen molar-refractivity contribution < 1.29 is 14.3 Å². The summed E-state index contributed by atoms with van der Waals surface area (Å²) in [5, 5.41) is 13.4. The number of likely N-dealkylation sites (tertiary alicyclic amines) is 1. The zero-order chi connectivity index (χ0) is 18.9. The molecule has 0 aromatic carbocycles. The lowest BCUT2D eigenvalue weighted by molar-refractivity contribution is 0.0377. The molecule has 160 valence electrons. The fraction of sp³-hybridized carbons (Fsp3) is 0.750. The molecule has 0 saturated carbocycles. The zero-order valence-corrected chi connectivity index (χ0v) is 19.2. The molecule has 1 aromatic rings. The van der Waals surface area contributed by atoms with Crippen LogP contribution in [0.1, 0.15) is 25.5 Å². The second-order valence-electron chi connectivity index (χ2n) is 7.50. The molecule has 28 heavy (non-hydrogen) atoms. The van der Waals surface area contributed by atoms with Crippen LogP contribution in [-0.2, 0) is 11.2 Å². The minimum atomic E-state index is -0.263. The van der Waals surface area contributed by atoms with Crippen LogP contribution >= 0.6 is 24.0 Å². The van der Waals surface area contributed by atoms with Crippen molar-refractivity contribution in [3.05, 3.63) is 24.2 Å². The third-order valence-electron chi connectivity index (χ3n) is 5.44. The molecule has 7 nitrogen and oxygen atoms in total. The van der Waals surface area contributed by atoms with Gasteiger partial charge in [-0.2, -0.15) is 0 Å². The van der Waals surface area contributed by atoms with Gasteiger partial charge in [-0.05, 0) is 31.9 Å². The number of aliphatic hydroxyl groups is 1. The smallest absolute Gasteiger partial charge is 0.193 e. The van der Waals surface area contributed by atoms with Gasteiger partial charge in [-0.3, -0.25) is 9.89 Å². The lowest BCUT2D eigenvalue weighted by Gasteiger charge is -2.26. The first-order valence-corrected chi connectivity index (χ1v) is 10.3. The van der Waals surface area contributed by atoms with Gasteiger partial charge in [-0.15, -0.1) is 24.0 Å². The molecule has 2 unspecified atom stereocenters. The van der Waals surface area contributed by atoms with E-state index < -0.39 is 0 Å². The third-order valence-corrected chi connectivity index (χ3v) is 5.44. The number of hydrogen-bond acceptors (Lipinski definition) is 5. The number of halogens is 1. The van der Waals surface area contributed by atoms with Gasteiger partial charge in [0.2, 0.25) is 0 Å².